The van der Waals surface area contributed by atoms with Crippen molar-refractivity contribution in [1.29, 1.82) is 0 Å². The predicted molar refractivity (Wildman–Crippen MR) is 99.3 cm³/mol. The van der Waals surface area contributed by atoms with Crippen LogP contribution < -0.4 is 10.6 Å². The van der Waals surface area contributed by atoms with Gasteiger partial charge in [-0.1, -0.05) is 51.1 Å². The molecule has 0 aromatic heterocycles. The second-order valence-electron chi connectivity index (χ2n) is 8.10. The summed E-state index contributed by atoms with van der Waals surface area (Å²) in [7, 11) is 0. The molecule has 0 bridgehead atoms. The van der Waals surface area contributed by atoms with Crippen LogP contribution in [0.1, 0.15) is 51.7 Å². The molecule has 0 saturated carbocycles. The van der Waals surface area contributed by atoms with Gasteiger partial charge in [-0.25, -0.2) is 4.79 Å². The number of carbonyl (C=O) groups is 1. The van der Waals surface area contributed by atoms with Crippen LogP contribution in [0.2, 0.25) is 0 Å². The lowest BCUT2D eigenvalue weighted by Gasteiger charge is -2.32. The number of hydrogen-bond donors (Lipinski definition) is 3. The van der Waals surface area contributed by atoms with Crippen molar-refractivity contribution in [2.75, 3.05) is 19.8 Å². The third kappa shape index (κ3) is 6.67. The molecule has 1 aliphatic heterocycles. The van der Waals surface area contributed by atoms with Gasteiger partial charge in [0.1, 0.15) is 0 Å². The summed E-state index contributed by atoms with van der Waals surface area (Å²) in [5.74, 6) is 0.261. The number of amides is 2. The van der Waals surface area contributed by atoms with E-state index in [0.29, 0.717) is 6.54 Å². The molecule has 0 radical (unpaired) electrons. The molecule has 1 saturated heterocycles. The number of benzene rings is 1. The van der Waals surface area contributed by atoms with E-state index in [4.69, 9.17) is 4.74 Å². The molecule has 0 aliphatic carbocycles. The van der Waals surface area contributed by atoms with E-state index in [1.54, 1.807) is 0 Å². The van der Waals surface area contributed by atoms with Gasteiger partial charge in [-0.2, -0.15) is 0 Å². The minimum absolute atomic E-state index is 0.0264. The highest BCUT2D eigenvalue weighted by molar-refractivity contribution is 5.74. The molecule has 1 aromatic carbocycles. The second kappa shape index (κ2) is 9.20. The van der Waals surface area contributed by atoms with Gasteiger partial charge >= 0.3 is 6.03 Å². The molecule has 140 valence electrons. The van der Waals surface area contributed by atoms with E-state index in [-0.39, 0.29) is 36.1 Å². The van der Waals surface area contributed by atoms with Gasteiger partial charge in [-0.15, -0.1) is 0 Å². The van der Waals surface area contributed by atoms with E-state index in [9.17, 15) is 9.90 Å². The first-order valence-electron chi connectivity index (χ1n) is 9.21. The summed E-state index contributed by atoms with van der Waals surface area (Å²) < 4.78 is 5.97. The third-order valence-corrected chi connectivity index (χ3v) is 4.51. The maximum Gasteiger partial charge on any atom is 0.315 e. The molecule has 5 heteroatoms. The van der Waals surface area contributed by atoms with Crippen molar-refractivity contribution in [3.8, 4) is 0 Å². The summed E-state index contributed by atoms with van der Waals surface area (Å²) >= 11 is 0. The fraction of sp³-hybridized carbons (Fsp3) is 0.650. The minimum Gasteiger partial charge on any atom is -0.394 e. The summed E-state index contributed by atoms with van der Waals surface area (Å²) in [4.78, 5) is 12.2. The van der Waals surface area contributed by atoms with Crippen LogP contribution in [0.4, 0.5) is 4.79 Å². The lowest BCUT2D eigenvalue weighted by atomic mass is 9.88. The molecule has 3 N–H and O–H groups in total. The number of ether oxygens (including phenoxy) is 1. The Morgan fingerprint density at radius 1 is 1.32 bits per heavy atom. The van der Waals surface area contributed by atoms with Gasteiger partial charge < -0.3 is 20.5 Å². The topological polar surface area (TPSA) is 70.6 Å². The van der Waals surface area contributed by atoms with E-state index in [0.717, 1.165) is 31.4 Å². The summed E-state index contributed by atoms with van der Waals surface area (Å²) in [5.41, 5.74) is 1.21. The molecule has 25 heavy (non-hydrogen) atoms. The zero-order chi connectivity index (χ0) is 18.3. The van der Waals surface area contributed by atoms with Crippen molar-refractivity contribution in [2.45, 2.75) is 52.2 Å². The average Bonchev–Trinajstić information content (AvgIpc) is 2.59. The van der Waals surface area contributed by atoms with Crippen molar-refractivity contribution < 1.29 is 14.6 Å². The maximum absolute atomic E-state index is 12.2. The van der Waals surface area contributed by atoms with Crippen molar-refractivity contribution >= 4 is 6.03 Å². The first kappa shape index (κ1) is 19.7. The SMILES string of the molecule is CC(C)(C)CC(CO)NC(=O)NCC1CCCOC1c1ccccc1. The normalized spacial score (nSPS) is 22.2. The van der Waals surface area contributed by atoms with Gasteiger partial charge in [-0.3, -0.25) is 0 Å². The Kier molecular flexibility index (Phi) is 7.26. The van der Waals surface area contributed by atoms with Crippen LogP contribution in [0.3, 0.4) is 0 Å². The Hall–Kier alpha value is -1.59. The van der Waals surface area contributed by atoms with Gasteiger partial charge in [-0.05, 0) is 30.2 Å². The molecule has 2 amide bonds. The second-order valence-corrected chi connectivity index (χ2v) is 8.10. The molecule has 0 spiro atoms. The predicted octanol–water partition coefficient (Wildman–Crippen LogP) is 3.25. The first-order valence-corrected chi connectivity index (χ1v) is 9.21. The Labute approximate surface area is 151 Å². The molecule has 1 fully saturated rings. The molecular formula is C20H32N2O3. The fourth-order valence-corrected chi connectivity index (χ4v) is 3.42. The van der Waals surface area contributed by atoms with E-state index >= 15 is 0 Å². The summed E-state index contributed by atoms with van der Waals surface area (Å²) in [6.07, 6.45) is 2.81. The van der Waals surface area contributed by atoms with Crippen LogP contribution in [-0.2, 0) is 4.74 Å². The van der Waals surface area contributed by atoms with Crippen molar-refractivity contribution in [2.24, 2.45) is 11.3 Å². The van der Waals surface area contributed by atoms with Crippen molar-refractivity contribution in [1.82, 2.24) is 10.6 Å². The van der Waals surface area contributed by atoms with Gasteiger partial charge in [0.05, 0.1) is 18.8 Å². The van der Waals surface area contributed by atoms with Crippen LogP contribution >= 0.6 is 0 Å². The molecule has 1 heterocycles. The number of urea groups is 1. The zero-order valence-electron chi connectivity index (χ0n) is 15.6. The number of aliphatic hydroxyl groups is 1. The quantitative estimate of drug-likeness (QED) is 0.739. The molecule has 3 unspecified atom stereocenters. The van der Waals surface area contributed by atoms with E-state index in [1.165, 1.54) is 0 Å². The highest BCUT2D eigenvalue weighted by Crippen LogP contribution is 2.33. The molecule has 2 rings (SSSR count). The standard InChI is InChI=1S/C20H32N2O3/c1-20(2,3)12-17(14-23)22-19(24)21-13-16-10-7-11-25-18(16)15-8-5-4-6-9-15/h4-6,8-9,16-18,23H,7,10-14H2,1-3H3,(H2,21,22,24). The van der Waals surface area contributed by atoms with E-state index in [2.05, 4.69) is 43.5 Å². The van der Waals surface area contributed by atoms with Crippen molar-refractivity contribution in [3.63, 3.8) is 0 Å². The Morgan fingerprint density at radius 3 is 2.68 bits per heavy atom. The Bertz CT molecular complexity index is 527. The number of carbonyl (C=O) groups excluding carboxylic acids is 1. The van der Waals surface area contributed by atoms with Gasteiger partial charge in [0.25, 0.3) is 0 Å². The smallest absolute Gasteiger partial charge is 0.315 e. The summed E-state index contributed by atoms with van der Waals surface area (Å²) in [6.45, 7) is 7.57. The first-order chi connectivity index (χ1) is 11.9. The van der Waals surface area contributed by atoms with Crippen LogP contribution in [0, 0.1) is 11.3 Å². The zero-order valence-corrected chi connectivity index (χ0v) is 15.6. The maximum atomic E-state index is 12.2. The summed E-state index contributed by atoms with van der Waals surface area (Å²) in [6, 6.07) is 9.74. The van der Waals surface area contributed by atoms with Crippen molar-refractivity contribution in [3.05, 3.63) is 35.9 Å². The third-order valence-electron chi connectivity index (χ3n) is 4.51. The molecule has 5 nitrogen and oxygen atoms in total. The Balaban J connectivity index is 1.86. The van der Waals surface area contributed by atoms with Gasteiger partial charge in [0, 0.05) is 19.1 Å². The van der Waals surface area contributed by atoms with Crippen LogP contribution in [0.15, 0.2) is 30.3 Å². The highest BCUT2D eigenvalue weighted by atomic mass is 16.5. The highest BCUT2D eigenvalue weighted by Gasteiger charge is 2.28. The Morgan fingerprint density at radius 2 is 2.04 bits per heavy atom. The number of hydrogen-bond acceptors (Lipinski definition) is 3. The molecular weight excluding hydrogens is 316 g/mol. The van der Waals surface area contributed by atoms with Crippen LogP contribution in [-0.4, -0.2) is 36.9 Å². The lowest BCUT2D eigenvalue weighted by Crippen LogP contribution is -2.47. The molecule has 3 atom stereocenters. The van der Waals surface area contributed by atoms with Crippen LogP contribution in [0.25, 0.3) is 0 Å². The number of rotatable bonds is 6. The van der Waals surface area contributed by atoms with Gasteiger partial charge in [0.15, 0.2) is 0 Å². The number of nitrogens with one attached hydrogen (secondary N) is 2. The molecule has 1 aliphatic rings. The van der Waals surface area contributed by atoms with Gasteiger partial charge in [0.2, 0.25) is 0 Å². The average molecular weight is 348 g/mol. The van der Waals surface area contributed by atoms with Crippen LogP contribution in [0.5, 0.6) is 0 Å². The monoisotopic (exact) mass is 348 g/mol. The lowest BCUT2D eigenvalue weighted by molar-refractivity contribution is -0.0269. The van der Waals surface area contributed by atoms with E-state index in [1.807, 2.05) is 18.2 Å². The molecule has 1 aromatic rings. The van der Waals surface area contributed by atoms with E-state index < -0.39 is 0 Å². The fourth-order valence-electron chi connectivity index (χ4n) is 3.42. The largest absolute Gasteiger partial charge is 0.394 e. The number of aliphatic hydroxyl groups excluding tert-OH is 1. The summed E-state index contributed by atoms with van der Waals surface area (Å²) in [5, 5.41) is 15.3. The minimum atomic E-state index is -0.229.